The highest BCUT2D eigenvalue weighted by Crippen LogP contribution is 2.26. The highest BCUT2D eigenvalue weighted by Gasteiger charge is 2.24. The van der Waals surface area contributed by atoms with E-state index in [-0.39, 0.29) is 30.2 Å². The average molecular weight is 400 g/mol. The van der Waals surface area contributed by atoms with E-state index in [0.29, 0.717) is 36.7 Å². The summed E-state index contributed by atoms with van der Waals surface area (Å²) in [4.78, 5) is 26.5. The molecule has 1 N–H and O–H groups in total. The van der Waals surface area contributed by atoms with Gasteiger partial charge in [0.1, 0.15) is 5.82 Å². The lowest BCUT2D eigenvalue weighted by Crippen LogP contribution is -2.45. The molecule has 0 saturated carbocycles. The van der Waals surface area contributed by atoms with Crippen LogP contribution in [-0.4, -0.2) is 50.1 Å². The van der Waals surface area contributed by atoms with Gasteiger partial charge in [0.2, 0.25) is 0 Å². The lowest BCUT2D eigenvalue weighted by molar-refractivity contribution is -0.135. The van der Waals surface area contributed by atoms with Crippen LogP contribution in [0, 0.1) is 11.7 Å². The number of benzene rings is 2. The van der Waals surface area contributed by atoms with Gasteiger partial charge in [-0.15, -0.1) is 0 Å². The van der Waals surface area contributed by atoms with Crippen LogP contribution in [0.1, 0.15) is 23.2 Å². The number of hydrogen-bond acceptors (Lipinski definition) is 4. The molecule has 0 aromatic heterocycles. The number of ether oxygens (including phenoxy) is 2. The summed E-state index contributed by atoms with van der Waals surface area (Å²) in [6.45, 7) is 1.65. The number of likely N-dealkylation sites (tertiary alicyclic amines) is 1. The molecule has 1 saturated heterocycles. The molecule has 0 unspecified atom stereocenters. The summed E-state index contributed by atoms with van der Waals surface area (Å²) in [5, 5.41) is 2.87. The third-order valence-electron chi connectivity index (χ3n) is 4.95. The fourth-order valence-electron chi connectivity index (χ4n) is 3.37. The quantitative estimate of drug-likeness (QED) is 0.776. The number of carbonyl (C=O) groups excluding carboxylic acids is 2. The van der Waals surface area contributed by atoms with Gasteiger partial charge in [-0.3, -0.25) is 9.59 Å². The van der Waals surface area contributed by atoms with Crippen LogP contribution in [0.2, 0.25) is 0 Å². The second-order valence-corrected chi connectivity index (χ2v) is 7.00. The number of hydrogen-bond donors (Lipinski definition) is 1. The van der Waals surface area contributed by atoms with Gasteiger partial charge < -0.3 is 19.7 Å². The SMILES string of the molecule is COc1ccccc1OCC(=O)N1CCC[C@@H](CNC(=O)c2ccc(F)cc2)C1. The minimum Gasteiger partial charge on any atom is -0.493 e. The molecule has 1 aliphatic rings. The van der Waals surface area contributed by atoms with Crippen LogP contribution in [-0.2, 0) is 4.79 Å². The highest BCUT2D eigenvalue weighted by molar-refractivity contribution is 5.94. The number of carbonyl (C=O) groups is 2. The van der Waals surface area contributed by atoms with Crippen molar-refractivity contribution in [3.63, 3.8) is 0 Å². The molecule has 3 rings (SSSR count). The standard InChI is InChI=1S/C22H25FN2O4/c1-28-19-6-2-3-7-20(19)29-15-21(26)25-12-4-5-16(14-25)13-24-22(27)17-8-10-18(23)11-9-17/h2-3,6-11,16H,4-5,12-15H2,1H3,(H,24,27)/t16-/m0/s1. The van der Waals surface area contributed by atoms with E-state index < -0.39 is 0 Å². The molecule has 1 fully saturated rings. The Morgan fingerprint density at radius 2 is 1.86 bits per heavy atom. The third-order valence-corrected chi connectivity index (χ3v) is 4.95. The maximum absolute atomic E-state index is 13.0. The van der Waals surface area contributed by atoms with Gasteiger partial charge in [-0.1, -0.05) is 12.1 Å². The number of para-hydroxylation sites is 2. The summed E-state index contributed by atoms with van der Waals surface area (Å²) in [5.74, 6) is 0.573. The van der Waals surface area contributed by atoms with E-state index in [1.807, 2.05) is 12.1 Å². The van der Waals surface area contributed by atoms with Crippen LogP contribution >= 0.6 is 0 Å². The summed E-state index contributed by atoms with van der Waals surface area (Å²) < 4.78 is 23.8. The van der Waals surface area contributed by atoms with E-state index in [9.17, 15) is 14.0 Å². The van der Waals surface area contributed by atoms with Gasteiger partial charge in [0.25, 0.3) is 11.8 Å². The fraction of sp³-hybridized carbons (Fsp3) is 0.364. The van der Waals surface area contributed by atoms with Crippen LogP contribution in [0.5, 0.6) is 11.5 Å². The largest absolute Gasteiger partial charge is 0.493 e. The maximum atomic E-state index is 13.0. The summed E-state index contributed by atoms with van der Waals surface area (Å²) in [5.41, 5.74) is 0.417. The van der Waals surface area contributed by atoms with Crippen molar-refractivity contribution in [1.29, 1.82) is 0 Å². The van der Waals surface area contributed by atoms with Crippen molar-refractivity contribution in [3.8, 4) is 11.5 Å². The van der Waals surface area contributed by atoms with Gasteiger partial charge in [0.05, 0.1) is 7.11 Å². The van der Waals surface area contributed by atoms with E-state index in [4.69, 9.17) is 9.47 Å². The maximum Gasteiger partial charge on any atom is 0.260 e. The molecule has 2 amide bonds. The van der Waals surface area contributed by atoms with Crippen LogP contribution in [0.25, 0.3) is 0 Å². The number of piperidine rings is 1. The molecular formula is C22H25FN2O4. The van der Waals surface area contributed by atoms with Gasteiger partial charge in [0, 0.05) is 25.2 Å². The molecule has 0 radical (unpaired) electrons. The Hall–Kier alpha value is -3.09. The van der Waals surface area contributed by atoms with E-state index in [2.05, 4.69) is 5.32 Å². The second-order valence-electron chi connectivity index (χ2n) is 7.00. The summed E-state index contributed by atoms with van der Waals surface area (Å²) in [6.07, 6.45) is 1.80. The van der Waals surface area contributed by atoms with E-state index in [0.717, 1.165) is 12.8 Å². The first-order valence-corrected chi connectivity index (χ1v) is 9.64. The van der Waals surface area contributed by atoms with E-state index in [1.165, 1.54) is 24.3 Å². The molecule has 29 heavy (non-hydrogen) atoms. The molecule has 1 atom stereocenters. The van der Waals surface area contributed by atoms with Crippen molar-refractivity contribution in [2.45, 2.75) is 12.8 Å². The number of nitrogens with zero attached hydrogens (tertiary/aromatic N) is 1. The average Bonchev–Trinajstić information content (AvgIpc) is 2.76. The van der Waals surface area contributed by atoms with Gasteiger partial charge >= 0.3 is 0 Å². The lowest BCUT2D eigenvalue weighted by atomic mass is 9.98. The number of nitrogens with one attached hydrogen (secondary N) is 1. The first-order chi connectivity index (χ1) is 14.1. The minimum absolute atomic E-state index is 0.0605. The Balaban J connectivity index is 1.47. The van der Waals surface area contributed by atoms with Crippen molar-refractivity contribution in [2.24, 2.45) is 5.92 Å². The second kappa shape index (κ2) is 9.91. The van der Waals surface area contributed by atoms with E-state index >= 15 is 0 Å². The number of amides is 2. The molecule has 0 spiro atoms. The van der Waals surface area contributed by atoms with Crippen molar-refractivity contribution in [1.82, 2.24) is 10.2 Å². The monoisotopic (exact) mass is 400 g/mol. The molecule has 0 bridgehead atoms. The number of rotatable bonds is 7. The molecule has 1 heterocycles. The van der Waals surface area contributed by atoms with Crippen LogP contribution < -0.4 is 14.8 Å². The summed E-state index contributed by atoms with van der Waals surface area (Å²) >= 11 is 0. The van der Waals surface area contributed by atoms with Gasteiger partial charge in [-0.2, -0.15) is 0 Å². The minimum atomic E-state index is -0.377. The van der Waals surface area contributed by atoms with Crippen LogP contribution in [0.4, 0.5) is 4.39 Å². The Bertz CT molecular complexity index is 841. The Labute approximate surface area is 169 Å². The first-order valence-electron chi connectivity index (χ1n) is 9.64. The molecule has 154 valence electrons. The molecular weight excluding hydrogens is 375 g/mol. The molecule has 2 aromatic carbocycles. The van der Waals surface area contributed by atoms with Gasteiger partial charge in [-0.25, -0.2) is 4.39 Å². The van der Waals surface area contributed by atoms with Crippen LogP contribution in [0.3, 0.4) is 0 Å². The topological polar surface area (TPSA) is 67.9 Å². The normalized spacial score (nSPS) is 16.2. The zero-order valence-corrected chi connectivity index (χ0v) is 16.4. The van der Waals surface area contributed by atoms with Crippen LogP contribution in [0.15, 0.2) is 48.5 Å². The van der Waals surface area contributed by atoms with Crippen molar-refractivity contribution >= 4 is 11.8 Å². The predicted molar refractivity (Wildman–Crippen MR) is 107 cm³/mol. The Kier molecular flexibility index (Phi) is 7.05. The highest BCUT2D eigenvalue weighted by atomic mass is 19.1. The molecule has 2 aromatic rings. The van der Waals surface area contributed by atoms with Crippen molar-refractivity contribution < 1.29 is 23.5 Å². The zero-order valence-electron chi connectivity index (χ0n) is 16.4. The molecule has 6 nitrogen and oxygen atoms in total. The molecule has 7 heteroatoms. The summed E-state index contributed by atoms with van der Waals surface area (Å²) in [6, 6.07) is 12.6. The smallest absolute Gasteiger partial charge is 0.260 e. The van der Waals surface area contributed by atoms with Gasteiger partial charge in [0.15, 0.2) is 18.1 Å². The first kappa shape index (κ1) is 20.6. The predicted octanol–water partition coefficient (Wildman–Crippen LogP) is 2.88. The van der Waals surface area contributed by atoms with Gasteiger partial charge in [-0.05, 0) is 55.2 Å². The number of halogens is 1. The number of methoxy groups -OCH3 is 1. The lowest BCUT2D eigenvalue weighted by Gasteiger charge is -2.32. The Morgan fingerprint density at radius 3 is 2.59 bits per heavy atom. The Morgan fingerprint density at radius 1 is 1.14 bits per heavy atom. The molecule has 1 aliphatic heterocycles. The zero-order chi connectivity index (χ0) is 20.6. The van der Waals surface area contributed by atoms with Crippen molar-refractivity contribution in [2.75, 3.05) is 33.4 Å². The summed E-state index contributed by atoms with van der Waals surface area (Å²) in [7, 11) is 1.56. The third kappa shape index (κ3) is 5.70. The fourth-order valence-corrected chi connectivity index (χ4v) is 3.37. The van der Waals surface area contributed by atoms with Crippen molar-refractivity contribution in [3.05, 3.63) is 59.9 Å². The molecule has 0 aliphatic carbocycles. The van der Waals surface area contributed by atoms with E-state index in [1.54, 1.807) is 24.1 Å².